The van der Waals surface area contributed by atoms with E-state index in [1.54, 1.807) is 0 Å². The van der Waals surface area contributed by atoms with E-state index >= 15 is 0 Å². The van der Waals surface area contributed by atoms with E-state index in [0.29, 0.717) is 32.4 Å². The number of aliphatic carboxylic acids is 4. The Balaban J connectivity index is 0. The largest absolute Gasteiger partial charge is 0.480 e. The topological polar surface area (TPSA) is 366 Å². The van der Waals surface area contributed by atoms with Gasteiger partial charge in [-0.3, -0.25) is 29.4 Å². The minimum Gasteiger partial charge on any atom is -0.480 e. The lowest BCUT2D eigenvalue weighted by Crippen LogP contribution is -2.45. The molecule has 262 valence electrons. The second-order valence-electron chi connectivity index (χ2n) is 10.3. The molecule has 0 amide bonds. The van der Waals surface area contributed by atoms with Gasteiger partial charge in [0.15, 0.2) is 5.96 Å². The van der Waals surface area contributed by atoms with Crippen molar-refractivity contribution in [2.24, 2.45) is 28.7 Å². The summed E-state index contributed by atoms with van der Waals surface area (Å²) in [5, 5.41) is 48.7. The van der Waals surface area contributed by atoms with Crippen molar-refractivity contribution in [2.75, 3.05) is 26.2 Å². The zero-order valence-corrected chi connectivity index (χ0v) is 25.8. The predicted octanol–water partition coefficient (Wildman–Crippen LogP) is -2.91. The maximum atomic E-state index is 11.4. The lowest BCUT2D eigenvalue weighted by atomic mass is 10.1. The fourth-order valence-corrected chi connectivity index (χ4v) is 3.63. The molecule has 2 heterocycles. The Kier molecular flexibility index (Phi) is 24.8. The molecule has 2 aliphatic heterocycles. The van der Waals surface area contributed by atoms with Crippen LogP contribution < -0.4 is 44.6 Å². The summed E-state index contributed by atoms with van der Waals surface area (Å²) in [4.78, 5) is 52.5. The van der Waals surface area contributed by atoms with Crippen LogP contribution in [0.5, 0.6) is 0 Å². The number of unbranched alkanes of at least 4 members (excludes halogenated alkanes) is 1. The molecule has 2 aliphatic rings. The highest BCUT2D eigenvalue weighted by Crippen LogP contribution is 2.05. The summed E-state index contributed by atoms with van der Waals surface area (Å²) in [6.07, 6.45) is 5.62. The summed E-state index contributed by atoms with van der Waals surface area (Å²) < 4.78 is 4.86. The third-order valence-electron chi connectivity index (χ3n) is 6.41. The number of carboxylic acid groups (broad SMARTS) is 4. The monoisotopic (exact) mass is 651 g/mol. The first-order chi connectivity index (χ1) is 21.0. The van der Waals surface area contributed by atoms with Gasteiger partial charge in [0.05, 0.1) is 0 Å². The molecule has 0 unspecified atom stereocenters. The van der Waals surface area contributed by atoms with Crippen molar-refractivity contribution >= 4 is 35.8 Å². The van der Waals surface area contributed by atoms with Crippen molar-refractivity contribution in [3.05, 3.63) is 0 Å². The molecule has 2 saturated heterocycles. The zero-order chi connectivity index (χ0) is 34.9. The normalized spacial score (nSPS) is 19.3. The Labute approximate surface area is 262 Å². The van der Waals surface area contributed by atoms with E-state index in [1.807, 2.05) is 0 Å². The van der Waals surface area contributed by atoms with Gasteiger partial charge in [0, 0.05) is 6.54 Å². The van der Waals surface area contributed by atoms with Gasteiger partial charge in [-0.05, 0) is 77.9 Å². The van der Waals surface area contributed by atoms with Crippen molar-refractivity contribution < 1.29 is 49.1 Å². The first-order valence-electron chi connectivity index (χ1n) is 14.7. The molecule has 0 saturated carbocycles. The van der Waals surface area contributed by atoms with E-state index < -0.39 is 54.1 Å². The number of hydrogen-bond donors (Lipinski definition) is 13. The number of rotatable bonds is 15. The molecule has 18 N–H and O–H groups in total. The van der Waals surface area contributed by atoms with Crippen molar-refractivity contribution in [1.82, 2.24) is 16.0 Å². The summed E-state index contributed by atoms with van der Waals surface area (Å²) in [5.41, 5.74) is 26.4. The summed E-state index contributed by atoms with van der Waals surface area (Å²) in [5.74, 6) is -4.41. The van der Waals surface area contributed by atoms with Crippen LogP contribution in [0.1, 0.15) is 64.7 Å². The predicted molar refractivity (Wildman–Crippen MR) is 164 cm³/mol. The zero-order valence-electron chi connectivity index (χ0n) is 25.8. The molecule has 19 nitrogen and oxygen atoms in total. The number of hydrogen-bond acceptors (Lipinski definition) is 13. The van der Waals surface area contributed by atoms with Gasteiger partial charge in [-0.25, -0.2) is 0 Å². The van der Waals surface area contributed by atoms with Gasteiger partial charge >= 0.3 is 29.8 Å². The quantitative estimate of drug-likeness (QED) is 0.0365. The highest BCUT2D eigenvalue weighted by atomic mass is 16.5. The molecule has 0 aromatic rings. The summed E-state index contributed by atoms with van der Waals surface area (Å²) in [7, 11) is 0. The standard InChI is InChI=1S/C10H21N3O4.C6H14N4O2.2C5H9NO2/c1-6(8(13)9(14)15)17-10(16)7(12)4-2-3-5-11;7-4(5(11)12)2-1-3-10-6(8)9;2*7-5(8)4-2-1-3-6-4/h6-8H,2-5,11-13H2,1H3,(H,14,15);4H,1-3,7H2,(H,11,12)(H4,8,9,10);2*4,6H,1-3H2,(H,7,8)/t6-,7+,8+;3*4-/m1000/s1. The van der Waals surface area contributed by atoms with Crippen molar-refractivity contribution in [2.45, 2.75) is 101 Å². The third-order valence-corrected chi connectivity index (χ3v) is 6.41. The van der Waals surface area contributed by atoms with Gasteiger partial charge in [-0.15, -0.1) is 0 Å². The van der Waals surface area contributed by atoms with Crippen molar-refractivity contribution in [3.63, 3.8) is 0 Å². The maximum absolute atomic E-state index is 11.4. The van der Waals surface area contributed by atoms with Crippen LogP contribution >= 0.6 is 0 Å². The third kappa shape index (κ3) is 23.4. The molecule has 0 spiro atoms. The highest BCUT2D eigenvalue weighted by Gasteiger charge is 2.26. The average Bonchev–Trinajstić information content (AvgIpc) is 3.71. The van der Waals surface area contributed by atoms with Crippen LogP contribution in [0.4, 0.5) is 0 Å². The fourth-order valence-electron chi connectivity index (χ4n) is 3.63. The molecular weight excluding hydrogens is 598 g/mol. The number of carboxylic acids is 4. The van der Waals surface area contributed by atoms with Gasteiger partial charge in [-0.1, -0.05) is 6.42 Å². The Morgan fingerprint density at radius 2 is 1.33 bits per heavy atom. The first kappa shape index (κ1) is 43.5. The molecule has 19 heteroatoms. The number of nitrogens with one attached hydrogen (secondary N) is 4. The maximum Gasteiger partial charge on any atom is 0.324 e. The Bertz CT molecular complexity index is 874. The first-order valence-corrected chi connectivity index (χ1v) is 14.7. The van der Waals surface area contributed by atoms with E-state index in [4.69, 9.17) is 59.2 Å². The Morgan fingerprint density at radius 1 is 0.844 bits per heavy atom. The van der Waals surface area contributed by atoms with Crippen molar-refractivity contribution in [3.8, 4) is 0 Å². The van der Waals surface area contributed by atoms with Crippen molar-refractivity contribution in [1.29, 1.82) is 5.41 Å². The van der Waals surface area contributed by atoms with Gasteiger partial charge in [0.25, 0.3) is 0 Å². The number of nitrogens with two attached hydrogens (primary N) is 5. The fraction of sp³-hybridized carbons (Fsp3) is 0.769. The minimum absolute atomic E-state index is 0.112. The molecule has 2 fully saturated rings. The molecule has 0 aliphatic carbocycles. The van der Waals surface area contributed by atoms with Crippen LogP contribution in [0.3, 0.4) is 0 Å². The number of guanidine groups is 1. The molecule has 2 rings (SSSR count). The number of esters is 1. The molecule has 45 heavy (non-hydrogen) atoms. The van der Waals surface area contributed by atoms with E-state index in [1.165, 1.54) is 6.92 Å². The van der Waals surface area contributed by atoms with Crippen LogP contribution in [-0.4, -0.2) is 119 Å². The molecule has 0 aromatic heterocycles. The lowest BCUT2D eigenvalue weighted by molar-refractivity contribution is -0.155. The van der Waals surface area contributed by atoms with Crippen LogP contribution in [0.2, 0.25) is 0 Å². The molecule has 0 aromatic carbocycles. The van der Waals surface area contributed by atoms with Crippen LogP contribution in [0.15, 0.2) is 0 Å². The Hall–Kier alpha value is -3.62. The minimum atomic E-state index is -1.24. The van der Waals surface area contributed by atoms with Gasteiger partial charge < -0.3 is 69.8 Å². The molecule has 0 bridgehead atoms. The van der Waals surface area contributed by atoms with E-state index in [2.05, 4.69) is 16.0 Å². The molecule has 0 radical (unpaired) electrons. The smallest absolute Gasteiger partial charge is 0.324 e. The summed E-state index contributed by atoms with van der Waals surface area (Å²) in [6.45, 7) is 4.16. The highest BCUT2D eigenvalue weighted by molar-refractivity contribution is 5.78. The van der Waals surface area contributed by atoms with E-state index in [-0.39, 0.29) is 18.0 Å². The number of carbonyl (C=O) groups is 5. The van der Waals surface area contributed by atoms with Gasteiger partial charge in [0.2, 0.25) is 0 Å². The molecular formula is C26H53N9O10. The lowest BCUT2D eigenvalue weighted by Gasteiger charge is -2.19. The van der Waals surface area contributed by atoms with E-state index in [9.17, 15) is 24.0 Å². The second kappa shape index (κ2) is 25.7. The summed E-state index contributed by atoms with van der Waals surface area (Å²) >= 11 is 0. The number of ether oxygens (including phenoxy) is 1. The van der Waals surface area contributed by atoms with Crippen LogP contribution in [-0.2, 0) is 28.7 Å². The van der Waals surface area contributed by atoms with Crippen LogP contribution in [0.25, 0.3) is 0 Å². The number of carbonyl (C=O) groups excluding carboxylic acids is 1. The van der Waals surface area contributed by atoms with E-state index in [0.717, 1.165) is 51.6 Å². The van der Waals surface area contributed by atoms with Gasteiger partial charge in [-0.2, -0.15) is 0 Å². The molecule has 6 atom stereocenters. The average molecular weight is 652 g/mol. The SMILES string of the molecule is C[C@@H](OC(=O)[C@@H](N)CCCCN)[C@H](N)C(=O)O.N=C(N)NCCC[C@H](N)C(=O)O.O=C(O)[C@@H]1CCCN1.O=C(O)[C@@H]1CCCN1. The van der Waals surface area contributed by atoms with Gasteiger partial charge in [0.1, 0.15) is 36.3 Å². The summed E-state index contributed by atoms with van der Waals surface area (Å²) in [6, 6.07) is -3.36. The Morgan fingerprint density at radius 3 is 1.67 bits per heavy atom. The second-order valence-corrected chi connectivity index (χ2v) is 10.3. The van der Waals surface area contributed by atoms with Crippen LogP contribution in [0, 0.1) is 5.41 Å².